The third kappa shape index (κ3) is 3.46. The summed E-state index contributed by atoms with van der Waals surface area (Å²) >= 11 is 0. The Balaban J connectivity index is 2.68. The van der Waals surface area contributed by atoms with Gasteiger partial charge in [0, 0.05) is 0 Å². The minimum absolute atomic E-state index is 0.148. The van der Waals surface area contributed by atoms with Gasteiger partial charge in [0.1, 0.15) is 0 Å². The van der Waals surface area contributed by atoms with Gasteiger partial charge < -0.3 is 0 Å². The van der Waals surface area contributed by atoms with Crippen LogP contribution in [-0.2, 0) is 4.70 Å². The Labute approximate surface area is 77.7 Å². The molecule has 1 rings (SSSR count). The van der Waals surface area contributed by atoms with E-state index in [0.29, 0.717) is 0 Å². The second-order valence-corrected chi connectivity index (χ2v) is 2.23. The van der Waals surface area contributed by atoms with Crippen LogP contribution in [0, 0.1) is 0 Å². The quantitative estimate of drug-likeness (QED) is 0.705. The predicted molar refractivity (Wildman–Crippen MR) is 40.2 cm³/mol. The van der Waals surface area contributed by atoms with Gasteiger partial charge in [-0.3, -0.25) is 0 Å². The molecule has 7 heteroatoms. The van der Waals surface area contributed by atoms with Gasteiger partial charge in [-0.05, 0) is 0 Å². The van der Waals surface area contributed by atoms with Crippen LogP contribution in [0.4, 0.5) is 13.2 Å². The summed E-state index contributed by atoms with van der Waals surface area (Å²) in [7, 11) is 0.180. The Hall–Kier alpha value is -1.53. The number of benzene rings is 1. The molecule has 14 heavy (non-hydrogen) atoms. The molecule has 0 radical (unpaired) electrons. The van der Waals surface area contributed by atoms with Crippen molar-refractivity contribution in [1.29, 1.82) is 0 Å². The van der Waals surface area contributed by atoms with Gasteiger partial charge in [-0.2, -0.15) is 0 Å². The molecule has 0 saturated heterocycles. The average molecular weight is 204 g/mol. The van der Waals surface area contributed by atoms with Crippen LogP contribution in [0.1, 0.15) is 0 Å². The van der Waals surface area contributed by atoms with Gasteiger partial charge in [-0.25, -0.2) is 0 Å². The van der Waals surface area contributed by atoms with Gasteiger partial charge in [-0.1, -0.05) is 0 Å². The van der Waals surface area contributed by atoms with Gasteiger partial charge in [0.05, 0.1) is 0 Å². The van der Waals surface area contributed by atoms with Crippen LogP contribution in [0.3, 0.4) is 0 Å². The van der Waals surface area contributed by atoms with Crippen molar-refractivity contribution in [2.24, 2.45) is 0 Å². The van der Waals surface area contributed by atoms with Gasteiger partial charge in [0.15, 0.2) is 0 Å². The van der Waals surface area contributed by atoms with Crippen molar-refractivity contribution in [2.45, 2.75) is 6.36 Å². The molecule has 74 valence electrons. The van der Waals surface area contributed by atoms with Crippen LogP contribution in [0.5, 0.6) is 11.5 Å². The topological polar surface area (TPSA) is 35.5 Å². The van der Waals surface area contributed by atoms with Crippen molar-refractivity contribution in [3.05, 3.63) is 24.3 Å². The van der Waals surface area contributed by atoms with Gasteiger partial charge in [-0.15, -0.1) is 0 Å². The summed E-state index contributed by atoms with van der Waals surface area (Å²) in [6.45, 7) is 0. The Bertz CT molecular complexity index is 309. The summed E-state index contributed by atoms with van der Waals surface area (Å²) in [6.07, 6.45) is -4.72. The fourth-order valence-corrected chi connectivity index (χ4v) is 0.775. The summed E-state index contributed by atoms with van der Waals surface area (Å²) < 4.78 is 52.9. The molecule has 0 fully saturated rings. The number of alkyl halides is 3. The second kappa shape index (κ2) is 4.12. The summed E-state index contributed by atoms with van der Waals surface area (Å²) in [5, 5.41) is 0. The molecule has 0 aliphatic heterocycles. The first-order valence-corrected chi connectivity index (χ1v) is 3.47. The molecule has 0 aliphatic rings. The zero-order chi connectivity index (χ0) is 10.6. The normalized spacial score (nSPS) is 10.5. The average Bonchev–Trinajstić information content (AvgIpc) is 2.06. The summed E-state index contributed by atoms with van der Waals surface area (Å²) in [4.78, 5) is 0. The molecule has 0 aliphatic carbocycles. The zero-order valence-electron chi connectivity index (χ0n) is 6.75. The van der Waals surface area contributed by atoms with Crippen molar-refractivity contribution in [3.8, 4) is 11.5 Å². The third-order valence-electron chi connectivity index (χ3n) is 1.24. The minimum atomic E-state index is -4.72. The molecule has 3 nitrogen and oxygen atoms in total. The van der Waals surface area contributed by atoms with Crippen molar-refractivity contribution in [2.75, 3.05) is 0 Å². The Morgan fingerprint density at radius 3 is 2.00 bits per heavy atom. The first-order chi connectivity index (χ1) is 6.51. The Morgan fingerprint density at radius 2 is 1.57 bits per heavy atom. The van der Waals surface area contributed by atoms with Crippen LogP contribution in [0.15, 0.2) is 24.3 Å². The summed E-state index contributed by atoms with van der Waals surface area (Å²) in [5.74, 6) is -0.217. The van der Waals surface area contributed by atoms with Crippen molar-refractivity contribution < 1.29 is 27.3 Å². The standard InChI is InChI=1S/C7H4BF3O3/c9-7(10,11)13-5-1-3-6(4-2-5)14-8-12/h1-4H. The van der Waals surface area contributed by atoms with Crippen molar-refractivity contribution in [1.82, 2.24) is 0 Å². The maximum atomic E-state index is 11.7. The Kier molecular flexibility index (Phi) is 3.11. The molecule has 0 atom stereocenters. The van der Waals surface area contributed by atoms with Crippen LogP contribution in [-0.4, -0.2) is 13.7 Å². The van der Waals surface area contributed by atoms with Gasteiger partial charge in [0.25, 0.3) is 0 Å². The number of rotatable bonds is 3. The molecule has 0 unspecified atom stereocenters. The van der Waals surface area contributed by atoms with Gasteiger partial charge in [0.2, 0.25) is 0 Å². The van der Waals surface area contributed by atoms with E-state index in [2.05, 4.69) is 9.39 Å². The van der Waals surface area contributed by atoms with E-state index in [1.54, 1.807) is 0 Å². The molecule has 0 amide bonds. The first kappa shape index (κ1) is 10.6. The monoisotopic (exact) mass is 204 g/mol. The molecule has 0 aromatic heterocycles. The van der Waals surface area contributed by atoms with Crippen molar-refractivity contribution >= 4 is 7.35 Å². The van der Waals surface area contributed by atoms with Crippen molar-refractivity contribution in [3.63, 3.8) is 0 Å². The molecule has 0 spiro atoms. The van der Waals surface area contributed by atoms with Crippen LogP contribution in [0.25, 0.3) is 0 Å². The molecule has 1 aromatic rings. The predicted octanol–water partition coefficient (Wildman–Crippen LogP) is 1.93. The third-order valence-corrected chi connectivity index (χ3v) is 1.24. The molecule has 0 saturated carbocycles. The SMILES string of the molecule is O=BOc1ccc(OC(F)(F)F)cc1. The van der Waals surface area contributed by atoms with E-state index < -0.39 is 6.36 Å². The number of ether oxygens (including phenoxy) is 1. The van der Waals surface area contributed by atoms with Crippen LogP contribution < -0.4 is 9.39 Å². The van der Waals surface area contributed by atoms with Crippen LogP contribution in [0.2, 0.25) is 0 Å². The number of hydrogen-bond donors (Lipinski definition) is 0. The van der Waals surface area contributed by atoms with E-state index in [1.165, 1.54) is 12.1 Å². The van der Waals surface area contributed by atoms with Gasteiger partial charge >= 0.3 is 76.7 Å². The summed E-state index contributed by atoms with van der Waals surface area (Å²) in [6, 6.07) is 4.48. The first-order valence-electron chi connectivity index (χ1n) is 3.47. The Morgan fingerprint density at radius 1 is 1.07 bits per heavy atom. The molecule has 0 heterocycles. The van der Waals surface area contributed by atoms with E-state index in [1.807, 2.05) is 0 Å². The molecular formula is C7H4BF3O3. The second-order valence-electron chi connectivity index (χ2n) is 2.23. The number of halogens is 3. The summed E-state index contributed by atoms with van der Waals surface area (Å²) in [5.41, 5.74) is 0. The van der Waals surface area contributed by atoms with E-state index in [4.69, 9.17) is 0 Å². The van der Waals surface area contributed by atoms with E-state index >= 15 is 0 Å². The van der Waals surface area contributed by atoms with E-state index in [9.17, 15) is 17.9 Å². The fraction of sp³-hybridized carbons (Fsp3) is 0.143. The van der Waals surface area contributed by atoms with E-state index in [-0.39, 0.29) is 18.9 Å². The molecule has 1 aromatic carbocycles. The molecule has 0 bridgehead atoms. The van der Waals surface area contributed by atoms with Crippen LogP contribution >= 0.6 is 0 Å². The molecule has 0 N–H and O–H groups in total. The zero-order valence-corrected chi connectivity index (χ0v) is 6.75. The molecular weight excluding hydrogens is 200 g/mol. The number of hydrogen-bond acceptors (Lipinski definition) is 3. The van der Waals surface area contributed by atoms with E-state index in [0.717, 1.165) is 12.1 Å². The maximum absolute atomic E-state index is 11.7. The fourth-order valence-electron chi connectivity index (χ4n) is 0.775.